The van der Waals surface area contributed by atoms with Crippen LogP contribution in [0, 0.1) is 17.8 Å². The highest BCUT2D eigenvalue weighted by molar-refractivity contribution is 5.92. The van der Waals surface area contributed by atoms with Crippen molar-refractivity contribution in [1.82, 2.24) is 16.0 Å². The van der Waals surface area contributed by atoms with Gasteiger partial charge >= 0.3 is 5.97 Å². The molecule has 2 aliphatic carbocycles. The first-order chi connectivity index (χ1) is 29.9. The van der Waals surface area contributed by atoms with E-state index in [4.69, 9.17) is 25.4 Å². The van der Waals surface area contributed by atoms with Gasteiger partial charge < -0.3 is 61.7 Å². The maximum absolute atomic E-state index is 14.4. The number of aliphatic hydroxyl groups excluding tert-OH is 2. The number of ether oxygens (including phenoxy) is 2. The van der Waals surface area contributed by atoms with Crippen molar-refractivity contribution in [1.29, 1.82) is 0 Å². The average molecular weight is 848 g/mol. The number of benzene rings is 2. The predicted octanol–water partition coefficient (Wildman–Crippen LogP) is 4.11. The number of nitrogens with one attached hydrogen (secondary N) is 3. The molecule has 328 valence electrons. The zero-order chi connectivity index (χ0) is 43.6. The van der Waals surface area contributed by atoms with E-state index in [-0.39, 0.29) is 76.5 Å². The third-order valence-corrected chi connectivity index (χ3v) is 14.6. The van der Waals surface area contributed by atoms with Crippen molar-refractivity contribution in [3.05, 3.63) is 121 Å². The van der Waals surface area contributed by atoms with Crippen molar-refractivity contribution in [2.24, 2.45) is 29.2 Å². The first kappa shape index (κ1) is 41.8. The Labute approximate surface area is 360 Å². The van der Waals surface area contributed by atoms with Gasteiger partial charge in [-0.2, -0.15) is 0 Å². The Kier molecular flexibility index (Phi) is 11.0. The van der Waals surface area contributed by atoms with Crippen LogP contribution in [-0.4, -0.2) is 71.0 Å². The molecule has 5 heterocycles. The van der Waals surface area contributed by atoms with Gasteiger partial charge in [-0.3, -0.25) is 4.79 Å². The second-order valence-corrected chi connectivity index (χ2v) is 17.8. The minimum atomic E-state index is -1.27. The van der Waals surface area contributed by atoms with Gasteiger partial charge in [0.2, 0.25) is 0 Å². The molecule has 62 heavy (non-hydrogen) atoms. The lowest BCUT2D eigenvalue weighted by Gasteiger charge is -2.52. The van der Waals surface area contributed by atoms with E-state index < -0.39 is 41.5 Å². The molecule has 1 unspecified atom stereocenters. The summed E-state index contributed by atoms with van der Waals surface area (Å²) in [5.74, 6) is -2.35. The largest absolute Gasteiger partial charge is 0.508 e. The fourth-order valence-corrected chi connectivity index (χ4v) is 11.6. The van der Waals surface area contributed by atoms with E-state index >= 15 is 0 Å². The lowest BCUT2D eigenvalue weighted by atomic mass is 9.61. The van der Waals surface area contributed by atoms with Gasteiger partial charge in [0.05, 0.1) is 12.8 Å². The van der Waals surface area contributed by atoms with Gasteiger partial charge in [0.1, 0.15) is 58.1 Å². The summed E-state index contributed by atoms with van der Waals surface area (Å²) in [4.78, 5) is 28.6. The van der Waals surface area contributed by atoms with Crippen LogP contribution in [0.3, 0.4) is 0 Å². The normalized spacial score (nSPS) is 29.0. The predicted molar refractivity (Wildman–Crippen MR) is 233 cm³/mol. The second kappa shape index (κ2) is 16.3. The Bertz CT molecular complexity index is 2550. The highest BCUT2D eigenvalue weighted by atomic mass is 16.6. The smallest absolute Gasteiger partial charge is 0.334 e. The quantitative estimate of drug-likeness (QED) is 0.120. The molecule has 0 amide bonds. The number of esters is 1. The molecule has 0 spiro atoms. The van der Waals surface area contributed by atoms with Crippen LogP contribution in [-0.2, 0) is 29.0 Å². The van der Waals surface area contributed by atoms with Crippen molar-refractivity contribution in [2.45, 2.75) is 95.1 Å². The summed E-state index contributed by atoms with van der Waals surface area (Å²) in [5, 5.41) is 55.4. The number of rotatable bonds is 7. The lowest BCUT2D eigenvalue weighted by molar-refractivity contribution is -0.169. The third kappa shape index (κ3) is 6.78. The monoisotopic (exact) mass is 847 g/mol. The Hall–Kier alpha value is -5.54. The number of hydrogen-bond acceptors (Lipinski definition) is 14. The molecule has 0 radical (unpaired) electrons. The summed E-state index contributed by atoms with van der Waals surface area (Å²) in [6, 6.07) is 6.44. The lowest BCUT2D eigenvalue weighted by Crippen LogP contribution is -2.59. The number of dihydropyridines is 2. The summed E-state index contributed by atoms with van der Waals surface area (Å²) in [6.07, 6.45) is 10.2. The number of fused-ring (bicyclic) bond motifs is 9. The molecular formula is C48H57N5O9. The SMILES string of the molecule is C/C=C(/CCNC)C(=O)O[C@@H]1Cc2c3c(c4oc(CO)cc(=O)c4c2O)[C@@H]2C4=CCNC(N)=C4[C@@H](CCc4ccc(O)cc4[C@H]2CO)[C@@H]2CCC4=CC(N)NC=C4C[C@@H]2[C@]1(C)O3. The maximum Gasteiger partial charge on any atom is 0.334 e. The fourth-order valence-electron chi connectivity index (χ4n) is 11.6. The molecule has 11 N–H and O–H groups in total. The summed E-state index contributed by atoms with van der Waals surface area (Å²) in [6.45, 7) is 3.75. The van der Waals surface area contributed by atoms with Crippen molar-refractivity contribution >= 4 is 16.9 Å². The van der Waals surface area contributed by atoms with Crippen LogP contribution in [0.2, 0.25) is 0 Å². The first-order valence-electron chi connectivity index (χ1n) is 21.8. The number of phenolic OH excluding ortho intramolecular Hbond substituents is 2. The number of carbonyl (C=O) groups excluding carboxylic acids is 1. The van der Waals surface area contributed by atoms with Gasteiger partial charge in [0.15, 0.2) is 5.43 Å². The first-order valence-corrected chi connectivity index (χ1v) is 21.8. The van der Waals surface area contributed by atoms with Gasteiger partial charge in [-0.25, -0.2) is 4.79 Å². The van der Waals surface area contributed by atoms with E-state index in [9.17, 15) is 30.0 Å². The van der Waals surface area contributed by atoms with E-state index in [2.05, 4.69) is 28.1 Å². The molecule has 9 rings (SSSR count). The third-order valence-electron chi connectivity index (χ3n) is 14.6. The number of aryl methyl sites for hydroxylation is 1. The molecule has 6 aliphatic rings. The summed E-state index contributed by atoms with van der Waals surface area (Å²) < 4.78 is 20.8. The topological polar surface area (TPSA) is 235 Å². The zero-order valence-corrected chi connectivity index (χ0v) is 35.4. The maximum atomic E-state index is 14.4. The van der Waals surface area contributed by atoms with Crippen molar-refractivity contribution in [3.63, 3.8) is 0 Å². The molecule has 4 bridgehead atoms. The molecule has 8 atom stereocenters. The molecule has 14 nitrogen and oxygen atoms in total. The van der Waals surface area contributed by atoms with Gasteiger partial charge in [0.25, 0.3) is 0 Å². The number of allylic oxidation sites excluding steroid dienone is 5. The summed E-state index contributed by atoms with van der Waals surface area (Å²) in [5.41, 5.74) is 18.5. The van der Waals surface area contributed by atoms with Crippen molar-refractivity contribution in [2.75, 3.05) is 26.7 Å². The molecule has 1 aromatic heterocycles. The van der Waals surface area contributed by atoms with Crippen molar-refractivity contribution in [3.8, 4) is 17.2 Å². The van der Waals surface area contributed by atoms with Crippen LogP contribution in [0.5, 0.6) is 17.2 Å². The van der Waals surface area contributed by atoms with Gasteiger partial charge in [-0.1, -0.05) is 18.2 Å². The molecule has 0 saturated heterocycles. The number of phenols is 2. The number of hydrogen-bond donors (Lipinski definition) is 9. The zero-order valence-electron chi connectivity index (χ0n) is 35.4. The van der Waals surface area contributed by atoms with Crippen molar-refractivity contribution < 1.29 is 39.1 Å². The molecule has 2 aromatic carbocycles. The number of nitrogens with two attached hydrogens (primary N) is 2. The molecule has 14 heteroatoms. The van der Waals surface area contributed by atoms with Crippen LogP contribution in [0.25, 0.3) is 11.0 Å². The average Bonchev–Trinajstić information content (AvgIpc) is 3.41. The highest BCUT2D eigenvalue weighted by Gasteiger charge is 2.58. The minimum Gasteiger partial charge on any atom is -0.508 e. The Morgan fingerprint density at radius 1 is 1.13 bits per heavy atom. The van der Waals surface area contributed by atoms with E-state index in [1.807, 2.05) is 26.2 Å². The molecule has 1 saturated carbocycles. The summed E-state index contributed by atoms with van der Waals surface area (Å²) in [7, 11) is 1.82. The summed E-state index contributed by atoms with van der Waals surface area (Å²) >= 11 is 0. The molecular weight excluding hydrogens is 791 g/mol. The molecule has 3 aromatic rings. The molecule has 4 aliphatic heterocycles. The van der Waals surface area contributed by atoms with E-state index in [1.54, 1.807) is 25.1 Å². The standard InChI is InChI=1S/C48H57N5O9/c1-4-23(11-13-51-3)47(59)61-37-19-33-43(58)41-36(57)18-28(21-54)60-45(41)42-39-31-12-14-52-46(50)40(31)30(10-6-24-5-8-27(56)17-32(24)34(39)22-55)29-9-7-25-16-38(49)53-20-26(25)15-35(29)48(37,2)62-44(33)42/h4-5,8,12,16-18,20,29-30,34-35,37-39,51-56,58H,6-7,9-11,13-15,19,21-22,49-50H2,1-3H3/b23-4-/t29-,30-,34+,35-,37+,38?,39+,48-/m0/s1. The number of aliphatic hydroxyl groups is 2. The van der Waals surface area contributed by atoms with Gasteiger partial charge in [0, 0.05) is 59.7 Å². The van der Waals surface area contributed by atoms with Gasteiger partial charge in [-0.05, 0) is 129 Å². The highest BCUT2D eigenvalue weighted by Crippen LogP contribution is 2.61. The van der Waals surface area contributed by atoms with E-state index in [0.717, 1.165) is 45.9 Å². The van der Waals surface area contributed by atoms with Crippen LogP contribution >= 0.6 is 0 Å². The van der Waals surface area contributed by atoms with Gasteiger partial charge in [-0.15, -0.1) is 0 Å². The van der Waals surface area contributed by atoms with Crippen LogP contribution < -0.4 is 37.6 Å². The van der Waals surface area contributed by atoms with Crippen LogP contribution in [0.15, 0.2) is 91.6 Å². The number of carbonyl (C=O) groups is 1. The minimum absolute atomic E-state index is 0.00532. The fraction of sp³-hybridized carbons (Fsp3) is 0.458. The van der Waals surface area contributed by atoms with Crippen LogP contribution in [0.1, 0.15) is 85.8 Å². The Balaban J connectivity index is 1.42. The van der Waals surface area contributed by atoms with E-state index in [1.165, 1.54) is 0 Å². The molecule has 1 fully saturated rings. The van der Waals surface area contributed by atoms with Crippen LogP contribution in [0.4, 0.5) is 0 Å². The second-order valence-electron chi connectivity index (χ2n) is 17.8. The number of aromatic hydroxyl groups is 2. The van der Waals surface area contributed by atoms with E-state index in [0.29, 0.717) is 62.2 Å². The Morgan fingerprint density at radius 3 is 2.71 bits per heavy atom. The Morgan fingerprint density at radius 2 is 1.95 bits per heavy atom.